The van der Waals surface area contributed by atoms with E-state index in [-0.39, 0.29) is 6.10 Å². The third-order valence-electron chi connectivity index (χ3n) is 2.66. The fraction of sp³-hybridized carbons (Fsp3) is 0.417. The van der Waals surface area contributed by atoms with Crippen LogP contribution in [0.2, 0.25) is 0 Å². The van der Waals surface area contributed by atoms with E-state index in [1.54, 1.807) is 0 Å². The summed E-state index contributed by atoms with van der Waals surface area (Å²) < 4.78 is 5.70. The zero-order valence-corrected chi connectivity index (χ0v) is 8.73. The average molecular weight is 202 g/mol. The highest BCUT2D eigenvalue weighted by Crippen LogP contribution is 2.23. The molecule has 1 heterocycles. The maximum absolute atomic E-state index is 8.82. The van der Waals surface area contributed by atoms with Gasteiger partial charge in [0.25, 0.3) is 0 Å². The maximum Gasteiger partial charge on any atom is 0.0991 e. The standard InChI is InChI=1S/C12H14N2O/c1-9-12(15-6-5-14-9)11-4-2-3-10(7-11)8-13/h2-4,7,9,12,14H,5-6H2,1H3. The number of nitrogens with one attached hydrogen (secondary N) is 1. The SMILES string of the molecule is CC1NCCOC1c1cccc(C#N)c1. The minimum Gasteiger partial charge on any atom is -0.371 e. The maximum atomic E-state index is 8.82. The number of hydrogen-bond acceptors (Lipinski definition) is 3. The van der Waals surface area contributed by atoms with Crippen molar-refractivity contribution >= 4 is 0 Å². The highest BCUT2D eigenvalue weighted by atomic mass is 16.5. The molecule has 0 saturated carbocycles. The van der Waals surface area contributed by atoms with E-state index in [0.717, 1.165) is 18.7 Å². The fourth-order valence-corrected chi connectivity index (χ4v) is 1.89. The summed E-state index contributed by atoms with van der Waals surface area (Å²) in [4.78, 5) is 0. The summed E-state index contributed by atoms with van der Waals surface area (Å²) in [6.07, 6.45) is 0.0621. The third-order valence-corrected chi connectivity index (χ3v) is 2.66. The van der Waals surface area contributed by atoms with Gasteiger partial charge in [0.15, 0.2) is 0 Å². The molecule has 1 aromatic rings. The summed E-state index contributed by atoms with van der Waals surface area (Å²) in [6, 6.07) is 10.1. The zero-order chi connectivity index (χ0) is 10.7. The van der Waals surface area contributed by atoms with E-state index in [2.05, 4.69) is 18.3 Å². The van der Waals surface area contributed by atoms with Gasteiger partial charge in [0.1, 0.15) is 0 Å². The van der Waals surface area contributed by atoms with Gasteiger partial charge in [-0.25, -0.2) is 0 Å². The molecule has 0 amide bonds. The number of rotatable bonds is 1. The summed E-state index contributed by atoms with van der Waals surface area (Å²) in [5.41, 5.74) is 1.77. The van der Waals surface area contributed by atoms with Crippen molar-refractivity contribution in [1.29, 1.82) is 5.26 Å². The van der Waals surface area contributed by atoms with E-state index in [0.29, 0.717) is 11.6 Å². The lowest BCUT2D eigenvalue weighted by Crippen LogP contribution is -2.41. The van der Waals surface area contributed by atoms with Crippen molar-refractivity contribution in [2.45, 2.75) is 19.1 Å². The van der Waals surface area contributed by atoms with Gasteiger partial charge in [-0.2, -0.15) is 5.26 Å². The molecule has 0 bridgehead atoms. The number of hydrogen-bond donors (Lipinski definition) is 1. The Labute approximate surface area is 89.7 Å². The van der Waals surface area contributed by atoms with Crippen LogP contribution in [0.5, 0.6) is 0 Å². The van der Waals surface area contributed by atoms with Gasteiger partial charge >= 0.3 is 0 Å². The lowest BCUT2D eigenvalue weighted by Gasteiger charge is -2.30. The summed E-state index contributed by atoms with van der Waals surface area (Å²) in [5, 5.41) is 12.2. The van der Waals surface area contributed by atoms with Gasteiger partial charge in [0.2, 0.25) is 0 Å². The molecule has 0 aromatic heterocycles. The van der Waals surface area contributed by atoms with Crippen molar-refractivity contribution in [1.82, 2.24) is 5.32 Å². The van der Waals surface area contributed by atoms with Crippen LogP contribution in [0, 0.1) is 11.3 Å². The van der Waals surface area contributed by atoms with E-state index in [1.807, 2.05) is 24.3 Å². The molecular formula is C12H14N2O. The van der Waals surface area contributed by atoms with Gasteiger partial charge < -0.3 is 10.1 Å². The topological polar surface area (TPSA) is 45.0 Å². The molecule has 2 rings (SSSR count). The first-order valence-electron chi connectivity index (χ1n) is 5.16. The lowest BCUT2D eigenvalue weighted by molar-refractivity contribution is -0.000233. The normalized spacial score (nSPS) is 25.9. The van der Waals surface area contributed by atoms with Gasteiger partial charge in [-0.05, 0) is 24.6 Å². The molecule has 1 aromatic carbocycles. The number of benzene rings is 1. The van der Waals surface area contributed by atoms with Crippen LogP contribution in [0.15, 0.2) is 24.3 Å². The first-order valence-corrected chi connectivity index (χ1v) is 5.16. The number of ether oxygens (including phenoxy) is 1. The van der Waals surface area contributed by atoms with Crippen molar-refractivity contribution in [3.63, 3.8) is 0 Å². The van der Waals surface area contributed by atoms with Crippen molar-refractivity contribution in [3.05, 3.63) is 35.4 Å². The number of morpholine rings is 1. The highest BCUT2D eigenvalue weighted by molar-refractivity contribution is 5.34. The Kier molecular flexibility index (Phi) is 3.00. The zero-order valence-electron chi connectivity index (χ0n) is 8.73. The van der Waals surface area contributed by atoms with Gasteiger partial charge in [0, 0.05) is 12.6 Å². The van der Waals surface area contributed by atoms with Crippen LogP contribution in [-0.2, 0) is 4.74 Å². The average Bonchev–Trinajstić information content (AvgIpc) is 2.30. The Morgan fingerprint density at radius 3 is 3.13 bits per heavy atom. The molecule has 1 aliphatic rings. The van der Waals surface area contributed by atoms with Crippen molar-refractivity contribution in [3.8, 4) is 6.07 Å². The van der Waals surface area contributed by atoms with Gasteiger partial charge in [0.05, 0.1) is 24.3 Å². The third kappa shape index (κ3) is 2.17. The quantitative estimate of drug-likeness (QED) is 0.752. The smallest absolute Gasteiger partial charge is 0.0991 e. The Morgan fingerprint density at radius 1 is 1.53 bits per heavy atom. The first-order chi connectivity index (χ1) is 7.31. The predicted octanol–water partition coefficient (Wildman–Crippen LogP) is 1.61. The van der Waals surface area contributed by atoms with Crippen LogP contribution in [0.1, 0.15) is 24.2 Å². The molecule has 0 radical (unpaired) electrons. The summed E-state index contributed by atoms with van der Waals surface area (Å²) in [6.45, 7) is 3.73. The summed E-state index contributed by atoms with van der Waals surface area (Å²) in [7, 11) is 0. The van der Waals surface area contributed by atoms with E-state index in [1.165, 1.54) is 0 Å². The highest BCUT2D eigenvalue weighted by Gasteiger charge is 2.23. The molecule has 1 saturated heterocycles. The van der Waals surface area contributed by atoms with Crippen molar-refractivity contribution < 1.29 is 4.74 Å². The van der Waals surface area contributed by atoms with Gasteiger partial charge in [-0.15, -0.1) is 0 Å². The number of nitrogens with zero attached hydrogens (tertiary/aromatic N) is 1. The fourth-order valence-electron chi connectivity index (χ4n) is 1.89. The van der Waals surface area contributed by atoms with Crippen molar-refractivity contribution in [2.75, 3.05) is 13.2 Å². The largest absolute Gasteiger partial charge is 0.371 e. The van der Waals surface area contributed by atoms with Crippen LogP contribution in [0.4, 0.5) is 0 Å². The molecule has 0 aliphatic carbocycles. The van der Waals surface area contributed by atoms with Gasteiger partial charge in [-0.1, -0.05) is 12.1 Å². The van der Waals surface area contributed by atoms with Crippen LogP contribution in [-0.4, -0.2) is 19.2 Å². The Hall–Kier alpha value is -1.37. The molecule has 0 spiro atoms. The van der Waals surface area contributed by atoms with E-state index >= 15 is 0 Å². The minimum absolute atomic E-state index is 0.0621. The molecule has 1 aliphatic heterocycles. The molecule has 3 nitrogen and oxygen atoms in total. The Bertz CT molecular complexity index is 383. The summed E-state index contributed by atoms with van der Waals surface area (Å²) in [5.74, 6) is 0. The first kappa shape index (κ1) is 10.2. The molecule has 15 heavy (non-hydrogen) atoms. The Balaban J connectivity index is 2.24. The molecule has 2 unspecified atom stereocenters. The van der Waals surface area contributed by atoms with E-state index < -0.39 is 0 Å². The molecule has 1 N–H and O–H groups in total. The predicted molar refractivity (Wildman–Crippen MR) is 57.3 cm³/mol. The molecule has 3 heteroatoms. The van der Waals surface area contributed by atoms with E-state index in [9.17, 15) is 0 Å². The second kappa shape index (κ2) is 4.43. The van der Waals surface area contributed by atoms with Gasteiger partial charge in [-0.3, -0.25) is 0 Å². The summed E-state index contributed by atoms with van der Waals surface area (Å²) >= 11 is 0. The van der Waals surface area contributed by atoms with Crippen LogP contribution >= 0.6 is 0 Å². The van der Waals surface area contributed by atoms with Crippen LogP contribution in [0.3, 0.4) is 0 Å². The molecule has 78 valence electrons. The monoisotopic (exact) mass is 202 g/mol. The second-order valence-corrected chi connectivity index (χ2v) is 3.77. The second-order valence-electron chi connectivity index (χ2n) is 3.77. The van der Waals surface area contributed by atoms with Crippen LogP contribution in [0.25, 0.3) is 0 Å². The Morgan fingerprint density at radius 2 is 2.40 bits per heavy atom. The minimum atomic E-state index is 0.0621. The lowest BCUT2D eigenvalue weighted by atomic mass is 10.0. The number of nitriles is 1. The van der Waals surface area contributed by atoms with Crippen LogP contribution < -0.4 is 5.32 Å². The van der Waals surface area contributed by atoms with Crippen molar-refractivity contribution in [2.24, 2.45) is 0 Å². The molecule has 2 atom stereocenters. The van der Waals surface area contributed by atoms with E-state index in [4.69, 9.17) is 10.00 Å². The molecule has 1 fully saturated rings. The molecular weight excluding hydrogens is 188 g/mol.